The molecule has 0 saturated carbocycles. The lowest BCUT2D eigenvalue weighted by atomic mass is 10.3. The molecule has 23 heavy (non-hydrogen) atoms. The summed E-state index contributed by atoms with van der Waals surface area (Å²) in [5.74, 6) is 0.532. The maximum atomic E-state index is 12.1. The summed E-state index contributed by atoms with van der Waals surface area (Å²) < 4.78 is 7.22. The Kier molecular flexibility index (Phi) is 5.75. The lowest BCUT2D eigenvalue weighted by molar-refractivity contribution is -0.116. The summed E-state index contributed by atoms with van der Waals surface area (Å²) in [4.78, 5) is 12.1. The molecule has 1 aromatic heterocycles. The van der Waals surface area contributed by atoms with Crippen molar-refractivity contribution in [3.63, 3.8) is 0 Å². The smallest absolute Gasteiger partial charge is 0.246 e. The maximum absolute atomic E-state index is 12.1. The van der Waals surface area contributed by atoms with Crippen LogP contribution in [-0.2, 0) is 11.3 Å². The van der Waals surface area contributed by atoms with E-state index in [1.165, 1.54) is 0 Å². The number of benzene rings is 1. The molecule has 6 heteroatoms. The van der Waals surface area contributed by atoms with Crippen LogP contribution < -0.4 is 10.1 Å². The van der Waals surface area contributed by atoms with E-state index in [-0.39, 0.29) is 12.5 Å². The first-order chi connectivity index (χ1) is 11.1. The Bertz CT molecular complexity index is 716. The first-order valence-electron chi connectivity index (χ1n) is 7.49. The second-order valence-electron chi connectivity index (χ2n) is 5.27. The number of amides is 1. The molecule has 1 amide bonds. The third-order valence-electron chi connectivity index (χ3n) is 3.22. The monoisotopic (exact) mass is 312 g/mol. The maximum Gasteiger partial charge on any atom is 0.246 e. The van der Waals surface area contributed by atoms with Gasteiger partial charge in [-0.25, -0.2) is 0 Å². The van der Waals surface area contributed by atoms with Crippen LogP contribution in [0.5, 0.6) is 5.75 Å². The number of hydrogen-bond acceptors (Lipinski definition) is 4. The highest BCUT2D eigenvalue weighted by Gasteiger charge is 2.08. The van der Waals surface area contributed by atoms with Crippen LogP contribution in [0.1, 0.15) is 24.2 Å². The molecule has 6 nitrogen and oxygen atoms in total. The highest BCUT2D eigenvalue weighted by molar-refractivity contribution is 5.90. The van der Waals surface area contributed by atoms with Gasteiger partial charge in [0.15, 0.2) is 0 Å². The predicted molar refractivity (Wildman–Crippen MR) is 87.1 cm³/mol. The van der Waals surface area contributed by atoms with Crippen LogP contribution in [-0.4, -0.2) is 22.3 Å². The molecule has 0 unspecified atom stereocenters. The Hall–Kier alpha value is -2.81. The summed E-state index contributed by atoms with van der Waals surface area (Å²) in [5.41, 5.74) is 2.52. The molecule has 1 heterocycles. The van der Waals surface area contributed by atoms with Crippen molar-refractivity contribution in [1.29, 1.82) is 5.26 Å². The summed E-state index contributed by atoms with van der Waals surface area (Å²) in [5, 5.41) is 15.6. The zero-order chi connectivity index (χ0) is 16.7. The van der Waals surface area contributed by atoms with Gasteiger partial charge in [0.1, 0.15) is 12.3 Å². The van der Waals surface area contributed by atoms with Crippen molar-refractivity contribution in [2.45, 2.75) is 33.2 Å². The Labute approximate surface area is 135 Å². The van der Waals surface area contributed by atoms with Crippen LogP contribution in [0.3, 0.4) is 0 Å². The molecular formula is C17H20N4O2. The van der Waals surface area contributed by atoms with Crippen molar-refractivity contribution in [1.82, 2.24) is 9.78 Å². The minimum absolute atomic E-state index is 0.141. The van der Waals surface area contributed by atoms with Gasteiger partial charge in [0.05, 0.1) is 18.4 Å². The molecule has 0 saturated heterocycles. The van der Waals surface area contributed by atoms with Crippen LogP contribution >= 0.6 is 0 Å². The van der Waals surface area contributed by atoms with Gasteiger partial charge in [0.2, 0.25) is 5.91 Å². The fourth-order valence-corrected chi connectivity index (χ4v) is 2.18. The zero-order valence-electron chi connectivity index (χ0n) is 13.4. The van der Waals surface area contributed by atoms with Crippen LogP contribution in [0.25, 0.3) is 0 Å². The van der Waals surface area contributed by atoms with Gasteiger partial charge in [0, 0.05) is 23.9 Å². The van der Waals surface area contributed by atoms with E-state index in [9.17, 15) is 4.79 Å². The highest BCUT2D eigenvalue weighted by atomic mass is 16.5. The molecule has 0 spiro atoms. The highest BCUT2D eigenvalue weighted by Crippen LogP contribution is 2.17. The molecule has 0 aliphatic heterocycles. The summed E-state index contributed by atoms with van der Waals surface area (Å²) in [6.07, 6.45) is 1.16. The van der Waals surface area contributed by atoms with Crippen molar-refractivity contribution in [2.24, 2.45) is 0 Å². The number of nitrogens with zero attached hydrogens (tertiary/aromatic N) is 3. The topological polar surface area (TPSA) is 79.9 Å². The van der Waals surface area contributed by atoms with E-state index in [0.29, 0.717) is 30.9 Å². The zero-order valence-corrected chi connectivity index (χ0v) is 13.4. The summed E-state index contributed by atoms with van der Waals surface area (Å²) in [6, 6.07) is 11.2. The Morgan fingerprint density at radius 3 is 2.91 bits per heavy atom. The normalized spacial score (nSPS) is 10.1. The van der Waals surface area contributed by atoms with Crippen molar-refractivity contribution in [3.8, 4) is 11.8 Å². The molecule has 0 atom stereocenters. The molecule has 0 bridgehead atoms. The van der Waals surface area contributed by atoms with E-state index in [0.717, 1.165) is 11.4 Å². The van der Waals surface area contributed by atoms with Crippen LogP contribution in [0.2, 0.25) is 0 Å². The SMILES string of the molecule is Cc1cc(C)n(CC(=O)Nc2cccc(OCCCC#N)c2)n1. The number of ether oxygens (including phenoxy) is 1. The number of rotatable bonds is 7. The van der Waals surface area contributed by atoms with Gasteiger partial charge in [-0.15, -0.1) is 0 Å². The third-order valence-corrected chi connectivity index (χ3v) is 3.22. The molecule has 0 fully saturated rings. The average Bonchev–Trinajstić information content (AvgIpc) is 2.81. The summed E-state index contributed by atoms with van der Waals surface area (Å²) in [6.45, 7) is 4.47. The van der Waals surface area contributed by atoms with Gasteiger partial charge in [-0.3, -0.25) is 9.48 Å². The first-order valence-corrected chi connectivity index (χ1v) is 7.49. The van der Waals surface area contributed by atoms with Crippen LogP contribution in [0.4, 0.5) is 5.69 Å². The van der Waals surface area contributed by atoms with E-state index in [4.69, 9.17) is 10.00 Å². The summed E-state index contributed by atoms with van der Waals surface area (Å²) >= 11 is 0. The number of hydrogen-bond donors (Lipinski definition) is 1. The van der Waals surface area contributed by atoms with Crippen molar-refractivity contribution in [2.75, 3.05) is 11.9 Å². The lowest BCUT2D eigenvalue weighted by Gasteiger charge is -2.09. The number of aromatic nitrogens is 2. The van der Waals surface area contributed by atoms with E-state index in [1.54, 1.807) is 16.8 Å². The summed E-state index contributed by atoms with van der Waals surface area (Å²) in [7, 11) is 0. The molecule has 0 radical (unpaired) electrons. The molecule has 1 aromatic carbocycles. The van der Waals surface area contributed by atoms with E-state index in [1.807, 2.05) is 32.0 Å². The van der Waals surface area contributed by atoms with Crippen LogP contribution in [0.15, 0.2) is 30.3 Å². The fraction of sp³-hybridized carbons (Fsp3) is 0.353. The van der Waals surface area contributed by atoms with Gasteiger partial charge in [-0.1, -0.05) is 6.07 Å². The van der Waals surface area contributed by atoms with E-state index >= 15 is 0 Å². The van der Waals surface area contributed by atoms with Crippen LogP contribution in [0, 0.1) is 25.2 Å². The molecule has 2 rings (SSSR count). The second-order valence-corrected chi connectivity index (χ2v) is 5.27. The molecule has 0 aliphatic carbocycles. The third kappa shape index (κ3) is 5.15. The number of nitrogens with one attached hydrogen (secondary N) is 1. The van der Waals surface area contributed by atoms with Gasteiger partial charge in [-0.05, 0) is 38.5 Å². The Balaban J connectivity index is 1.90. The molecule has 1 N–H and O–H groups in total. The quantitative estimate of drug-likeness (QED) is 0.797. The largest absolute Gasteiger partial charge is 0.493 e. The molecule has 120 valence electrons. The standard InChI is InChI=1S/C17H20N4O2/c1-13-10-14(2)21(20-13)12-17(22)19-15-6-5-7-16(11-15)23-9-4-3-8-18/h5-7,10-11H,3-4,9,12H2,1-2H3,(H,19,22). The van der Waals surface area contributed by atoms with E-state index in [2.05, 4.69) is 16.5 Å². The number of nitriles is 1. The van der Waals surface area contributed by atoms with Gasteiger partial charge in [0.25, 0.3) is 0 Å². The second kappa shape index (κ2) is 7.99. The van der Waals surface area contributed by atoms with Gasteiger partial charge in [-0.2, -0.15) is 10.4 Å². The number of carbonyl (C=O) groups excluding carboxylic acids is 1. The van der Waals surface area contributed by atoms with Gasteiger partial charge >= 0.3 is 0 Å². The van der Waals surface area contributed by atoms with E-state index < -0.39 is 0 Å². The number of aryl methyl sites for hydroxylation is 2. The minimum Gasteiger partial charge on any atom is -0.493 e. The number of carbonyl (C=O) groups is 1. The molecule has 2 aromatic rings. The first kappa shape index (κ1) is 16.6. The van der Waals surface area contributed by atoms with Crippen molar-refractivity contribution in [3.05, 3.63) is 41.7 Å². The molecule has 0 aliphatic rings. The Morgan fingerprint density at radius 1 is 1.39 bits per heavy atom. The average molecular weight is 312 g/mol. The minimum atomic E-state index is -0.141. The Morgan fingerprint density at radius 2 is 2.22 bits per heavy atom. The van der Waals surface area contributed by atoms with Crippen molar-refractivity contribution < 1.29 is 9.53 Å². The lowest BCUT2D eigenvalue weighted by Crippen LogP contribution is -2.20. The predicted octanol–water partition coefficient (Wildman–Crippen LogP) is 2.82. The number of anilines is 1. The number of unbranched alkanes of at least 4 members (excludes halogenated alkanes) is 1. The van der Waals surface area contributed by atoms with Gasteiger partial charge < -0.3 is 10.1 Å². The molecular weight excluding hydrogens is 292 g/mol. The van der Waals surface area contributed by atoms with Crippen molar-refractivity contribution >= 4 is 11.6 Å². The fourth-order valence-electron chi connectivity index (χ4n) is 2.18.